The van der Waals surface area contributed by atoms with E-state index in [1.54, 1.807) is 38.3 Å². The van der Waals surface area contributed by atoms with Crippen molar-refractivity contribution < 1.29 is 34.0 Å². The molecule has 0 atom stereocenters. The molecule has 0 bridgehead atoms. The first-order chi connectivity index (χ1) is 18.5. The number of carbonyl (C=O) groups is 1. The van der Waals surface area contributed by atoms with Crippen molar-refractivity contribution in [1.29, 1.82) is 0 Å². The number of phenolic OH excluding ortho intramolecular Hbond substituents is 3. The Labute approximate surface area is 226 Å². The Kier molecular flexibility index (Phi) is 9.38. The zero-order valence-electron chi connectivity index (χ0n) is 22.6. The standard InChI is InChI=1S/C16H18O4.C15H14O4/c1-9(2)5-6-11-14(19-4)8-13(18)15-12(17)7-10(3)20-16(11)15;1-19-12-5-2-10(3-6-12)8-14(17)13-7-4-11(16)9-15(13)18/h5,7-8,18H,6H2,1-4H3;2-7,9,16,18H,8H2,1H3. The molecule has 3 aromatic carbocycles. The molecule has 0 aliphatic rings. The second-order valence-corrected chi connectivity index (χ2v) is 9.14. The number of carbonyl (C=O) groups excluding carboxylic acids is 1. The molecule has 0 saturated carbocycles. The minimum absolute atomic E-state index is 0.0708. The minimum Gasteiger partial charge on any atom is -0.508 e. The van der Waals surface area contributed by atoms with Gasteiger partial charge in [0, 0.05) is 30.2 Å². The fraction of sp³-hybridized carbons (Fsp3) is 0.226. The Balaban J connectivity index is 0.000000216. The van der Waals surface area contributed by atoms with Gasteiger partial charge in [-0.3, -0.25) is 9.59 Å². The maximum Gasteiger partial charge on any atom is 0.196 e. The van der Waals surface area contributed by atoms with Crippen LogP contribution in [0, 0.1) is 6.92 Å². The number of benzene rings is 3. The lowest BCUT2D eigenvalue weighted by molar-refractivity contribution is 0.0990. The van der Waals surface area contributed by atoms with Crippen molar-refractivity contribution in [1.82, 2.24) is 0 Å². The van der Waals surface area contributed by atoms with Crippen LogP contribution >= 0.6 is 0 Å². The first-order valence-corrected chi connectivity index (χ1v) is 12.2. The van der Waals surface area contributed by atoms with Crippen molar-refractivity contribution >= 4 is 16.8 Å². The van der Waals surface area contributed by atoms with E-state index in [9.17, 15) is 24.9 Å². The van der Waals surface area contributed by atoms with Crippen molar-refractivity contribution in [3.05, 3.63) is 98.9 Å². The Bertz CT molecular complexity index is 1560. The number of fused-ring (bicyclic) bond motifs is 1. The number of aromatic hydroxyl groups is 3. The summed E-state index contributed by atoms with van der Waals surface area (Å²) in [5, 5.41) is 29.0. The average molecular weight is 533 g/mol. The van der Waals surface area contributed by atoms with Crippen LogP contribution in [-0.2, 0) is 12.8 Å². The van der Waals surface area contributed by atoms with E-state index in [0.29, 0.717) is 23.5 Å². The van der Waals surface area contributed by atoms with Gasteiger partial charge < -0.3 is 29.2 Å². The normalized spacial score (nSPS) is 10.4. The summed E-state index contributed by atoms with van der Waals surface area (Å²) in [4.78, 5) is 24.1. The second-order valence-electron chi connectivity index (χ2n) is 9.14. The topological polar surface area (TPSA) is 126 Å². The molecule has 1 aromatic heterocycles. The minimum atomic E-state index is -0.248. The van der Waals surface area contributed by atoms with Gasteiger partial charge in [0.25, 0.3) is 0 Å². The number of allylic oxidation sites excluding steroid dienone is 2. The number of hydrogen-bond donors (Lipinski definition) is 3. The molecule has 1 heterocycles. The predicted molar refractivity (Wildman–Crippen MR) is 149 cm³/mol. The van der Waals surface area contributed by atoms with Gasteiger partial charge in [0.15, 0.2) is 11.2 Å². The average Bonchev–Trinajstić information content (AvgIpc) is 2.88. The SMILES string of the molecule is COc1cc(O)c2c(=O)cc(C)oc2c1CC=C(C)C.COc1ccc(CC(=O)c2ccc(O)cc2O)cc1. The summed E-state index contributed by atoms with van der Waals surface area (Å²) < 4.78 is 16.0. The van der Waals surface area contributed by atoms with E-state index in [-0.39, 0.29) is 45.8 Å². The first kappa shape index (κ1) is 28.8. The van der Waals surface area contributed by atoms with Crippen LogP contribution in [0.3, 0.4) is 0 Å². The molecule has 0 unspecified atom stereocenters. The van der Waals surface area contributed by atoms with Crippen LogP contribution in [0.1, 0.15) is 41.1 Å². The highest BCUT2D eigenvalue weighted by Crippen LogP contribution is 2.34. The van der Waals surface area contributed by atoms with Crippen LogP contribution < -0.4 is 14.9 Å². The summed E-state index contributed by atoms with van der Waals surface area (Å²) in [5.74, 6) is 1.14. The third-order valence-electron chi connectivity index (χ3n) is 5.91. The van der Waals surface area contributed by atoms with E-state index in [2.05, 4.69) is 0 Å². The third kappa shape index (κ3) is 7.19. The molecule has 0 radical (unpaired) electrons. The molecular formula is C31H32O8. The summed E-state index contributed by atoms with van der Waals surface area (Å²) in [7, 11) is 3.11. The fourth-order valence-electron chi connectivity index (χ4n) is 3.92. The number of ketones is 1. The fourth-order valence-corrected chi connectivity index (χ4v) is 3.92. The summed E-state index contributed by atoms with van der Waals surface area (Å²) in [6.07, 6.45) is 2.79. The summed E-state index contributed by atoms with van der Waals surface area (Å²) in [6.45, 7) is 5.70. The van der Waals surface area contributed by atoms with Gasteiger partial charge in [-0.05, 0) is 57.0 Å². The molecule has 4 aromatic rings. The number of Topliss-reactive ketones (excluding diaryl/α,β-unsaturated/α-hetero) is 1. The van der Waals surface area contributed by atoms with Crippen LogP contribution in [0.25, 0.3) is 11.0 Å². The smallest absolute Gasteiger partial charge is 0.196 e. The highest BCUT2D eigenvalue weighted by atomic mass is 16.5. The van der Waals surface area contributed by atoms with E-state index < -0.39 is 0 Å². The van der Waals surface area contributed by atoms with Crippen molar-refractivity contribution in [2.75, 3.05) is 14.2 Å². The highest BCUT2D eigenvalue weighted by molar-refractivity contribution is 6.00. The second kappa shape index (κ2) is 12.7. The molecule has 3 N–H and O–H groups in total. The molecule has 0 saturated heterocycles. The number of ether oxygens (including phenoxy) is 2. The maximum absolute atomic E-state index is 12.0. The van der Waals surface area contributed by atoms with Gasteiger partial charge in [-0.2, -0.15) is 0 Å². The Morgan fingerprint density at radius 1 is 0.923 bits per heavy atom. The summed E-state index contributed by atoms with van der Waals surface area (Å²) in [6, 6.07) is 13.9. The lowest BCUT2D eigenvalue weighted by Gasteiger charge is -2.11. The van der Waals surface area contributed by atoms with Crippen LogP contribution in [-0.4, -0.2) is 35.3 Å². The quantitative estimate of drug-likeness (QED) is 0.200. The van der Waals surface area contributed by atoms with Crippen LogP contribution in [0.2, 0.25) is 0 Å². The number of hydrogen-bond acceptors (Lipinski definition) is 8. The van der Waals surface area contributed by atoms with Crippen molar-refractivity contribution in [3.8, 4) is 28.7 Å². The van der Waals surface area contributed by atoms with Crippen LogP contribution in [0.15, 0.2) is 75.5 Å². The van der Waals surface area contributed by atoms with Crippen molar-refractivity contribution in [3.63, 3.8) is 0 Å². The van der Waals surface area contributed by atoms with E-state index >= 15 is 0 Å². The Morgan fingerprint density at radius 2 is 1.62 bits per heavy atom. The van der Waals surface area contributed by atoms with E-state index in [1.165, 1.54) is 31.4 Å². The van der Waals surface area contributed by atoms with Gasteiger partial charge in [-0.15, -0.1) is 0 Å². The number of rotatable bonds is 7. The Morgan fingerprint density at radius 3 is 2.21 bits per heavy atom. The van der Waals surface area contributed by atoms with Gasteiger partial charge in [0.2, 0.25) is 0 Å². The molecule has 0 spiro atoms. The highest BCUT2D eigenvalue weighted by Gasteiger charge is 2.17. The zero-order chi connectivity index (χ0) is 28.7. The van der Waals surface area contributed by atoms with Gasteiger partial charge in [0.1, 0.15) is 45.5 Å². The van der Waals surface area contributed by atoms with E-state index in [0.717, 1.165) is 28.5 Å². The molecule has 39 heavy (non-hydrogen) atoms. The Hall–Kier alpha value is -4.72. The third-order valence-corrected chi connectivity index (χ3v) is 5.91. The molecule has 4 rings (SSSR count). The van der Waals surface area contributed by atoms with Crippen LogP contribution in [0.5, 0.6) is 28.7 Å². The molecular weight excluding hydrogens is 500 g/mol. The zero-order valence-corrected chi connectivity index (χ0v) is 22.6. The lowest BCUT2D eigenvalue weighted by Crippen LogP contribution is -2.04. The van der Waals surface area contributed by atoms with E-state index in [4.69, 9.17) is 13.9 Å². The molecule has 0 fully saturated rings. The maximum atomic E-state index is 12.0. The number of phenols is 3. The summed E-state index contributed by atoms with van der Waals surface area (Å²) in [5.41, 5.74) is 3.10. The number of methoxy groups -OCH3 is 2. The van der Waals surface area contributed by atoms with Gasteiger partial charge in [-0.1, -0.05) is 23.8 Å². The van der Waals surface area contributed by atoms with Crippen molar-refractivity contribution in [2.45, 2.75) is 33.6 Å². The largest absolute Gasteiger partial charge is 0.508 e. The van der Waals surface area contributed by atoms with Gasteiger partial charge in [0.05, 0.1) is 19.8 Å². The van der Waals surface area contributed by atoms with E-state index in [1.807, 2.05) is 19.9 Å². The van der Waals surface area contributed by atoms with Crippen LogP contribution in [0.4, 0.5) is 0 Å². The molecule has 0 aliphatic heterocycles. The summed E-state index contributed by atoms with van der Waals surface area (Å²) >= 11 is 0. The number of aryl methyl sites for hydroxylation is 1. The lowest BCUT2D eigenvalue weighted by atomic mass is 10.0. The van der Waals surface area contributed by atoms with Gasteiger partial charge >= 0.3 is 0 Å². The molecule has 0 amide bonds. The molecule has 204 valence electrons. The van der Waals surface area contributed by atoms with Gasteiger partial charge in [-0.25, -0.2) is 0 Å². The molecule has 8 nitrogen and oxygen atoms in total. The molecule has 0 aliphatic carbocycles. The van der Waals surface area contributed by atoms with Crippen molar-refractivity contribution in [2.24, 2.45) is 0 Å². The predicted octanol–water partition coefficient (Wildman–Crippen LogP) is 5.86. The monoisotopic (exact) mass is 532 g/mol. The molecule has 8 heteroatoms. The first-order valence-electron chi connectivity index (χ1n) is 12.2.